The third-order valence-corrected chi connectivity index (χ3v) is 4.10. The second kappa shape index (κ2) is 4.56. The van der Waals surface area contributed by atoms with Gasteiger partial charge in [-0.25, -0.2) is 0 Å². The van der Waals surface area contributed by atoms with Crippen LogP contribution in [-0.2, 0) is 0 Å². The SMILES string of the molecule is COc1ccc2c(c1)[pH]c1ccccc12.[H-].[Li+]. The van der Waals surface area contributed by atoms with E-state index in [2.05, 4.69) is 36.4 Å². The second-order valence-corrected chi connectivity index (χ2v) is 4.91. The minimum atomic E-state index is 0. The van der Waals surface area contributed by atoms with Gasteiger partial charge >= 0.3 is 18.9 Å². The predicted molar refractivity (Wildman–Crippen MR) is 68.6 cm³/mol. The number of rotatable bonds is 1. The largest absolute Gasteiger partial charge is 1.00 e. The van der Waals surface area contributed by atoms with Gasteiger partial charge in [-0.1, -0.05) is 24.3 Å². The Morgan fingerprint density at radius 2 is 1.75 bits per heavy atom. The minimum Gasteiger partial charge on any atom is -1.00 e. The standard InChI is InChI=1S/C13H11OP.Li.H/c1-14-9-6-7-11-10-4-2-3-5-12(10)15-13(11)8-9;;/h2-8,15H,1H3;;/q;+1;-1. The number of hydrogen-bond acceptors (Lipinski definition) is 1. The topological polar surface area (TPSA) is 9.23 Å². The Labute approximate surface area is 110 Å². The molecule has 1 atom stereocenters. The zero-order chi connectivity index (χ0) is 10.3. The number of benzene rings is 2. The van der Waals surface area contributed by atoms with Gasteiger partial charge in [-0.15, -0.1) is 8.19 Å². The van der Waals surface area contributed by atoms with E-state index in [1.807, 2.05) is 6.07 Å². The third kappa shape index (κ3) is 1.76. The van der Waals surface area contributed by atoms with Crippen LogP contribution in [0.25, 0.3) is 21.0 Å². The van der Waals surface area contributed by atoms with Crippen molar-refractivity contribution in [3.05, 3.63) is 42.5 Å². The molecule has 3 heteroatoms. The summed E-state index contributed by atoms with van der Waals surface area (Å²) in [7, 11) is 2.49. The van der Waals surface area contributed by atoms with Crippen LogP contribution in [0.5, 0.6) is 5.75 Å². The molecule has 0 aliphatic carbocycles. The Kier molecular flexibility index (Phi) is 3.31. The fourth-order valence-electron chi connectivity index (χ4n) is 1.96. The van der Waals surface area contributed by atoms with Crippen molar-refractivity contribution in [2.75, 3.05) is 7.11 Å². The van der Waals surface area contributed by atoms with E-state index in [0.29, 0.717) is 0 Å². The number of methoxy groups -OCH3 is 1. The minimum absolute atomic E-state index is 0. The third-order valence-electron chi connectivity index (χ3n) is 2.71. The van der Waals surface area contributed by atoms with Crippen LogP contribution >= 0.6 is 8.19 Å². The molecule has 0 saturated heterocycles. The first kappa shape index (κ1) is 11.6. The van der Waals surface area contributed by atoms with Gasteiger partial charge in [-0.3, -0.25) is 0 Å². The molecule has 0 spiro atoms. The zero-order valence-electron chi connectivity index (χ0n) is 10.4. The average molecular weight is 222 g/mol. The molecule has 1 heterocycles. The van der Waals surface area contributed by atoms with Crippen molar-refractivity contribution in [1.82, 2.24) is 0 Å². The van der Waals surface area contributed by atoms with Gasteiger partial charge in [-0.2, -0.15) is 0 Å². The van der Waals surface area contributed by atoms with Crippen LogP contribution in [0.2, 0.25) is 0 Å². The molecular weight excluding hydrogens is 210 g/mol. The quantitative estimate of drug-likeness (QED) is 0.561. The Bertz CT molecular complexity index is 635. The van der Waals surface area contributed by atoms with Crippen LogP contribution in [-0.4, -0.2) is 7.11 Å². The molecule has 0 N–H and O–H groups in total. The Hall–Kier alpha value is -0.863. The molecule has 0 amide bonds. The molecule has 0 fully saturated rings. The smallest absolute Gasteiger partial charge is 1.00 e. The molecule has 1 nitrogen and oxygen atoms in total. The number of ether oxygens (including phenoxy) is 1. The summed E-state index contributed by atoms with van der Waals surface area (Å²) in [6.07, 6.45) is 0. The molecule has 0 saturated carbocycles. The molecule has 3 aromatic rings. The first-order valence-corrected chi connectivity index (χ1v) is 5.93. The summed E-state index contributed by atoms with van der Waals surface area (Å²) in [5.74, 6) is 0.953. The van der Waals surface area contributed by atoms with Crippen LogP contribution in [0, 0.1) is 0 Å². The maximum absolute atomic E-state index is 5.24. The summed E-state index contributed by atoms with van der Waals surface area (Å²) in [5, 5.41) is 5.59. The van der Waals surface area contributed by atoms with Crippen molar-refractivity contribution in [3.63, 3.8) is 0 Å². The molecule has 16 heavy (non-hydrogen) atoms. The summed E-state index contributed by atoms with van der Waals surface area (Å²) < 4.78 is 5.24. The summed E-state index contributed by atoms with van der Waals surface area (Å²) >= 11 is 0. The van der Waals surface area contributed by atoms with E-state index >= 15 is 0 Å². The molecular formula is C13H12LiOP. The molecule has 0 radical (unpaired) electrons. The Morgan fingerprint density at radius 3 is 2.56 bits per heavy atom. The van der Waals surface area contributed by atoms with Gasteiger partial charge in [0.15, 0.2) is 0 Å². The van der Waals surface area contributed by atoms with Gasteiger partial charge in [0.05, 0.1) is 7.11 Å². The van der Waals surface area contributed by atoms with Crippen LogP contribution in [0.1, 0.15) is 1.43 Å². The van der Waals surface area contributed by atoms with Gasteiger partial charge in [0.25, 0.3) is 0 Å². The van der Waals surface area contributed by atoms with Gasteiger partial charge in [-0.05, 0) is 34.1 Å². The van der Waals surface area contributed by atoms with E-state index in [9.17, 15) is 0 Å². The van der Waals surface area contributed by atoms with Gasteiger partial charge < -0.3 is 6.16 Å². The summed E-state index contributed by atoms with van der Waals surface area (Å²) in [5.41, 5.74) is 0. The fraction of sp³-hybridized carbons (Fsp3) is 0.0769. The normalized spacial score (nSPS) is 10.8. The molecule has 0 aliphatic heterocycles. The molecule has 2 aromatic carbocycles. The molecule has 3 rings (SSSR count). The van der Waals surface area contributed by atoms with Gasteiger partial charge in [0.2, 0.25) is 0 Å². The van der Waals surface area contributed by atoms with E-state index in [-0.39, 0.29) is 20.3 Å². The first-order valence-electron chi connectivity index (χ1n) is 4.93. The van der Waals surface area contributed by atoms with Crippen molar-refractivity contribution < 1.29 is 25.0 Å². The summed E-state index contributed by atoms with van der Waals surface area (Å²) in [6.45, 7) is 0. The van der Waals surface area contributed by atoms with Gasteiger partial charge in [0.1, 0.15) is 5.75 Å². The zero-order valence-corrected chi connectivity index (χ0v) is 10.4. The van der Waals surface area contributed by atoms with E-state index < -0.39 is 0 Å². The van der Waals surface area contributed by atoms with Crippen molar-refractivity contribution in [2.45, 2.75) is 0 Å². The number of hydrogen-bond donors (Lipinski definition) is 0. The Balaban J connectivity index is 0.000000722. The van der Waals surface area contributed by atoms with Crippen molar-refractivity contribution >= 4 is 29.2 Å². The van der Waals surface area contributed by atoms with Crippen LogP contribution in [0.4, 0.5) is 0 Å². The van der Waals surface area contributed by atoms with Gasteiger partial charge in [0, 0.05) is 5.12 Å². The van der Waals surface area contributed by atoms with Crippen LogP contribution in [0.3, 0.4) is 0 Å². The van der Waals surface area contributed by atoms with E-state index in [1.54, 1.807) is 7.11 Å². The van der Waals surface area contributed by atoms with Crippen molar-refractivity contribution in [2.24, 2.45) is 0 Å². The summed E-state index contributed by atoms with van der Waals surface area (Å²) in [4.78, 5) is 0. The van der Waals surface area contributed by atoms with Crippen molar-refractivity contribution in [3.8, 4) is 5.75 Å². The van der Waals surface area contributed by atoms with E-state index in [1.165, 1.54) is 21.0 Å². The molecule has 1 aromatic heterocycles. The van der Waals surface area contributed by atoms with Crippen LogP contribution in [0.15, 0.2) is 42.5 Å². The monoisotopic (exact) mass is 222 g/mol. The average Bonchev–Trinajstić information content (AvgIpc) is 2.66. The maximum Gasteiger partial charge on any atom is 1.00 e. The second-order valence-electron chi connectivity index (χ2n) is 3.58. The van der Waals surface area contributed by atoms with E-state index in [4.69, 9.17) is 4.74 Å². The molecule has 0 bridgehead atoms. The molecule has 1 unspecified atom stereocenters. The predicted octanol–water partition coefficient (Wildman–Crippen LogP) is 1.15. The Morgan fingerprint density at radius 1 is 1.00 bits per heavy atom. The first-order chi connectivity index (χ1) is 7.38. The summed E-state index contributed by atoms with van der Waals surface area (Å²) in [6, 6.07) is 14.9. The maximum atomic E-state index is 5.24. The van der Waals surface area contributed by atoms with Crippen LogP contribution < -0.4 is 23.6 Å². The van der Waals surface area contributed by atoms with Crippen molar-refractivity contribution in [1.29, 1.82) is 0 Å². The number of fused-ring (bicyclic) bond motifs is 3. The fourth-order valence-corrected chi connectivity index (χ4v) is 3.35. The molecule has 76 valence electrons. The van der Waals surface area contributed by atoms with E-state index in [0.717, 1.165) is 13.9 Å². The molecule has 0 aliphatic rings.